The molecule has 1 N–H and O–H groups in total. The summed E-state index contributed by atoms with van der Waals surface area (Å²) in [6, 6.07) is 7.86. The Bertz CT molecular complexity index is 443. The molecule has 0 bridgehead atoms. The monoisotopic (exact) mass is 285 g/mol. The standard InChI is InChI=1S/C20H31N/c1-21-20(14-16-8-4-2-3-5-9-16)19-13-12-17-10-6-7-11-18(17)15-19/h12-13,15-16,20-21H,2-11,14H2,1H3. The zero-order valence-electron chi connectivity index (χ0n) is 13.7. The highest BCUT2D eigenvalue weighted by atomic mass is 14.9. The second kappa shape index (κ2) is 7.45. The molecule has 3 rings (SSSR count). The number of hydrogen-bond acceptors (Lipinski definition) is 1. The summed E-state index contributed by atoms with van der Waals surface area (Å²) >= 11 is 0. The SMILES string of the molecule is CNC(CC1CCCCCC1)c1ccc2c(c1)CCCC2. The lowest BCUT2D eigenvalue weighted by Gasteiger charge is -2.25. The Morgan fingerprint density at radius 2 is 1.67 bits per heavy atom. The molecular weight excluding hydrogens is 254 g/mol. The zero-order valence-corrected chi connectivity index (χ0v) is 13.7. The molecule has 0 spiro atoms. The average Bonchev–Trinajstić information content (AvgIpc) is 2.81. The topological polar surface area (TPSA) is 12.0 Å². The Balaban J connectivity index is 1.70. The van der Waals surface area contributed by atoms with Gasteiger partial charge in [0.25, 0.3) is 0 Å². The highest BCUT2D eigenvalue weighted by molar-refractivity contribution is 5.35. The van der Waals surface area contributed by atoms with Gasteiger partial charge in [-0.25, -0.2) is 0 Å². The van der Waals surface area contributed by atoms with Crippen LogP contribution in [-0.2, 0) is 12.8 Å². The van der Waals surface area contributed by atoms with Crippen LogP contribution in [-0.4, -0.2) is 7.05 Å². The number of hydrogen-bond donors (Lipinski definition) is 1. The van der Waals surface area contributed by atoms with Gasteiger partial charge >= 0.3 is 0 Å². The summed E-state index contributed by atoms with van der Waals surface area (Å²) < 4.78 is 0. The fourth-order valence-corrected chi connectivity index (χ4v) is 4.32. The van der Waals surface area contributed by atoms with Crippen molar-refractivity contribution in [3.8, 4) is 0 Å². The number of benzene rings is 1. The minimum atomic E-state index is 0.556. The molecule has 0 aliphatic heterocycles. The Kier molecular flexibility index (Phi) is 5.35. The van der Waals surface area contributed by atoms with Crippen LogP contribution in [0.4, 0.5) is 0 Å². The second-order valence-electron chi connectivity index (χ2n) is 7.17. The van der Waals surface area contributed by atoms with Gasteiger partial charge in [-0.1, -0.05) is 56.7 Å². The Labute approximate surface area is 130 Å². The Hall–Kier alpha value is -0.820. The van der Waals surface area contributed by atoms with Crippen LogP contribution in [0.5, 0.6) is 0 Å². The van der Waals surface area contributed by atoms with Crippen molar-refractivity contribution in [1.82, 2.24) is 5.32 Å². The van der Waals surface area contributed by atoms with Crippen LogP contribution >= 0.6 is 0 Å². The summed E-state index contributed by atoms with van der Waals surface area (Å²) in [5, 5.41) is 3.59. The highest BCUT2D eigenvalue weighted by Gasteiger charge is 2.19. The predicted octanol–water partition coefficient (Wildman–Crippen LogP) is 5.19. The van der Waals surface area contributed by atoms with Gasteiger partial charge < -0.3 is 5.32 Å². The van der Waals surface area contributed by atoms with Crippen LogP contribution in [0.3, 0.4) is 0 Å². The van der Waals surface area contributed by atoms with Crippen LogP contribution < -0.4 is 5.32 Å². The minimum Gasteiger partial charge on any atom is -0.313 e. The van der Waals surface area contributed by atoms with Crippen LogP contribution in [0.15, 0.2) is 18.2 Å². The lowest BCUT2D eigenvalue weighted by molar-refractivity contribution is 0.368. The molecule has 0 aromatic heterocycles. The van der Waals surface area contributed by atoms with Gasteiger partial charge in [-0.2, -0.15) is 0 Å². The third kappa shape index (κ3) is 3.88. The van der Waals surface area contributed by atoms with E-state index in [1.807, 2.05) is 0 Å². The van der Waals surface area contributed by atoms with Gasteiger partial charge in [0.15, 0.2) is 0 Å². The first-order valence-electron chi connectivity index (χ1n) is 9.16. The summed E-state index contributed by atoms with van der Waals surface area (Å²) in [7, 11) is 2.14. The van der Waals surface area contributed by atoms with Gasteiger partial charge in [-0.15, -0.1) is 0 Å². The van der Waals surface area contributed by atoms with Crippen LogP contribution in [0.1, 0.15) is 80.5 Å². The lowest BCUT2D eigenvalue weighted by Crippen LogP contribution is -2.20. The first-order chi connectivity index (χ1) is 10.4. The Morgan fingerprint density at radius 1 is 0.952 bits per heavy atom. The third-order valence-electron chi connectivity index (χ3n) is 5.67. The smallest absolute Gasteiger partial charge is 0.0320 e. The number of rotatable bonds is 4. The molecule has 2 aliphatic rings. The second-order valence-corrected chi connectivity index (χ2v) is 7.17. The molecule has 0 heterocycles. The largest absolute Gasteiger partial charge is 0.313 e. The van der Waals surface area contributed by atoms with Crippen molar-refractivity contribution in [2.24, 2.45) is 5.92 Å². The third-order valence-corrected chi connectivity index (χ3v) is 5.67. The van der Waals surface area contributed by atoms with Gasteiger partial charge in [0.2, 0.25) is 0 Å². The molecule has 1 aromatic rings. The molecule has 1 nitrogen and oxygen atoms in total. The summed E-state index contributed by atoms with van der Waals surface area (Å²) in [5.74, 6) is 0.931. The average molecular weight is 285 g/mol. The maximum absolute atomic E-state index is 3.59. The molecule has 1 heteroatoms. The van der Waals surface area contributed by atoms with Gasteiger partial charge in [0.05, 0.1) is 0 Å². The maximum Gasteiger partial charge on any atom is 0.0320 e. The minimum absolute atomic E-state index is 0.556. The zero-order chi connectivity index (χ0) is 14.5. The van der Waals surface area contributed by atoms with Crippen LogP contribution in [0.25, 0.3) is 0 Å². The van der Waals surface area contributed by atoms with E-state index in [1.54, 1.807) is 11.1 Å². The summed E-state index contributed by atoms with van der Waals surface area (Å²) in [5.41, 5.74) is 4.76. The van der Waals surface area contributed by atoms with E-state index in [0.717, 1.165) is 5.92 Å². The number of fused-ring (bicyclic) bond motifs is 1. The van der Waals surface area contributed by atoms with Gasteiger partial charge in [0, 0.05) is 6.04 Å². The summed E-state index contributed by atoms with van der Waals surface area (Å²) in [4.78, 5) is 0. The van der Waals surface area contributed by atoms with Gasteiger partial charge in [-0.3, -0.25) is 0 Å². The molecule has 1 atom stereocenters. The van der Waals surface area contributed by atoms with Crippen molar-refractivity contribution >= 4 is 0 Å². The Morgan fingerprint density at radius 3 is 2.38 bits per heavy atom. The van der Waals surface area contributed by atoms with E-state index >= 15 is 0 Å². The fraction of sp³-hybridized carbons (Fsp3) is 0.700. The summed E-state index contributed by atoms with van der Waals surface area (Å²) in [6.45, 7) is 0. The molecule has 116 valence electrons. The molecule has 1 unspecified atom stereocenters. The first-order valence-corrected chi connectivity index (χ1v) is 9.16. The molecule has 2 aliphatic carbocycles. The molecule has 0 amide bonds. The molecular formula is C20H31N. The van der Waals surface area contributed by atoms with E-state index in [2.05, 4.69) is 30.6 Å². The van der Waals surface area contributed by atoms with Crippen LogP contribution in [0, 0.1) is 5.92 Å². The van der Waals surface area contributed by atoms with Crippen molar-refractivity contribution in [3.63, 3.8) is 0 Å². The molecule has 21 heavy (non-hydrogen) atoms. The normalized spacial score (nSPS) is 21.6. The van der Waals surface area contributed by atoms with E-state index in [-0.39, 0.29) is 0 Å². The number of nitrogens with one attached hydrogen (secondary N) is 1. The molecule has 1 fully saturated rings. The maximum atomic E-state index is 3.59. The number of aryl methyl sites for hydroxylation is 2. The first kappa shape index (κ1) is 15.1. The quantitative estimate of drug-likeness (QED) is 0.751. The lowest BCUT2D eigenvalue weighted by atomic mass is 9.86. The highest BCUT2D eigenvalue weighted by Crippen LogP contribution is 2.32. The van der Waals surface area contributed by atoms with Crippen molar-refractivity contribution in [2.45, 2.75) is 76.7 Å². The van der Waals surface area contributed by atoms with Crippen LogP contribution in [0.2, 0.25) is 0 Å². The molecule has 1 aromatic carbocycles. The van der Waals surface area contributed by atoms with Crippen molar-refractivity contribution in [1.29, 1.82) is 0 Å². The predicted molar refractivity (Wildman–Crippen MR) is 90.7 cm³/mol. The molecule has 0 radical (unpaired) electrons. The van der Waals surface area contributed by atoms with Crippen molar-refractivity contribution < 1.29 is 0 Å². The molecule has 1 saturated carbocycles. The van der Waals surface area contributed by atoms with Crippen molar-refractivity contribution in [3.05, 3.63) is 34.9 Å². The van der Waals surface area contributed by atoms with E-state index in [9.17, 15) is 0 Å². The summed E-state index contributed by atoms with van der Waals surface area (Å²) in [6.07, 6.45) is 15.4. The van der Waals surface area contributed by atoms with Crippen molar-refractivity contribution in [2.75, 3.05) is 7.05 Å². The van der Waals surface area contributed by atoms with Gasteiger partial charge in [-0.05, 0) is 61.8 Å². The van der Waals surface area contributed by atoms with E-state index in [1.165, 1.54) is 76.2 Å². The fourth-order valence-electron chi connectivity index (χ4n) is 4.32. The van der Waals surface area contributed by atoms with E-state index in [4.69, 9.17) is 0 Å². The van der Waals surface area contributed by atoms with E-state index < -0.39 is 0 Å². The van der Waals surface area contributed by atoms with E-state index in [0.29, 0.717) is 6.04 Å². The molecule has 0 saturated heterocycles. The van der Waals surface area contributed by atoms with Gasteiger partial charge in [0.1, 0.15) is 0 Å².